The van der Waals surface area contributed by atoms with Crippen LogP contribution in [-0.4, -0.2) is 42.4 Å². The van der Waals surface area contributed by atoms with Crippen molar-refractivity contribution in [1.29, 1.82) is 0 Å². The van der Waals surface area contributed by atoms with E-state index in [0.29, 0.717) is 34.7 Å². The van der Waals surface area contributed by atoms with Crippen LogP contribution >= 0.6 is 0 Å². The zero-order valence-corrected chi connectivity index (χ0v) is 13.6. The Morgan fingerprint density at radius 2 is 2.24 bits per heavy atom. The second-order valence-corrected chi connectivity index (χ2v) is 5.39. The number of carbonyl (C=O) groups excluding carboxylic acids is 1. The molecule has 0 aliphatic heterocycles. The maximum atomic E-state index is 12.0. The minimum absolute atomic E-state index is 0.134. The summed E-state index contributed by atoms with van der Waals surface area (Å²) in [6.07, 6.45) is 3.63. The lowest BCUT2D eigenvalue weighted by atomic mass is 10.2. The number of fused-ring (bicyclic) bond motifs is 3. The van der Waals surface area contributed by atoms with Crippen molar-refractivity contribution in [3.05, 3.63) is 24.6 Å². The van der Waals surface area contributed by atoms with E-state index in [0.717, 1.165) is 0 Å². The third-order valence-electron chi connectivity index (χ3n) is 3.95. The minimum Gasteiger partial charge on any atom is -0.467 e. The van der Waals surface area contributed by atoms with E-state index in [2.05, 4.69) is 20.2 Å². The SMILES string of the molecule is CCC(C(=O)OC)n1ncc2c1nc(N)n1nc(-c3ccco3)nc21. The highest BCUT2D eigenvalue weighted by molar-refractivity contribution is 5.91. The van der Waals surface area contributed by atoms with E-state index in [1.165, 1.54) is 16.3 Å². The highest BCUT2D eigenvalue weighted by Gasteiger charge is 2.25. The summed E-state index contributed by atoms with van der Waals surface area (Å²) in [7, 11) is 1.34. The van der Waals surface area contributed by atoms with E-state index in [1.54, 1.807) is 24.6 Å². The molecule has 0 amide bonds. The van der Waals surface area contributed by atoms with Gasteiger partial charge in [0.2, 0.25) is 11.8 Å². The Balaban J connectivity index is 1.95. The molecule has 0 saturated heterocycles. The molecule has 128 valence electrons. The third kappa shape index (κ3) is 2.22. The topological polar surface area (TPSA) is 126 Å². The number of nitrogens with zero attached hydrogens (tertiary/aromatic N) is 6. The van der Waals surface area contributed by atoms with Gasteiger partial charge in [-0.1, -0.05) is 6.92 Å². The van der Waals surface area contributed by atoms with E-state index in [9.17, 15) is 4.79 Å². The number of furan rings is 1. The molecule has 0 aliphatic carbocycles. The van der Waals surface area contributed by atoms with Gasteiger partial charge in [-0.15, -0.1) is 5.10 Å². The number of hydrogen-bond donors (Lipinski definition) is 1. The fraction of sp³-hybridized carbons (Fsp3) is 0.267. The summed E-state index contributed by atoms with van der Waals surface area (Å²) in [5.41, 5.74) is 6.96. The quantitative estimate of drug-likeness (QED) is 0.552. The molecule has 0 fully saturated rings. The lowest BCUT2D eigenvalue weighted by Gasteiger charge is -2.13. The average Bonchev–Trinajstić information content (AvgIpc) is 3.34. The van der Waals surface area contributed by atoms with Crippen LogP contribution in [0.25, 0.3) is 28.3 Å². The molecule has 25 heavy (non-hydrogen) atoms. The maximum absolute atomic E-state index is 12.0. The summed E-state index contributed by atoms with van der Waals surface area (Å²) in [6.45, 7) is 1.86. The van der Waals surface area contributed by atoms with Gasteiger partial charge in [0.25, 0.3) is 0 Å². The van der Waals surface area contributed by atoms with Gasteiger partial charge >= 0.3 is 5.97 Å². The van der Waals surface area contributed by atoms with Crippen molar-refractivity contribution >= 4 is 28.6 Å². The molecule has 0 bridgehead atoms. The summed E-state index contributed by atoms with van der Waals surface area (Å²) >= 11 is 0. The van der Waals surface area contributed by atoms with Crippen LogP contribution in [0.5, 0.6) is 0 Å². The second kappa shape index (κ2) is 5.58. The van der Waals surface area contributed by atoms with Crippen LogP contribution in [0.2, 0.25) is 0 Å². The summed E-state index contributed by atoms with van der Waals surface area (Å²) in [6, 6.07) is 2.91. The van der Waals surface area contributed by atoms with Gasteiger partial charge in [0.1, 0.15) is 0 Å². The van der Waals surface area contributed by atoms with Gasteiger partial charge in [0.05, 0.1) is 25.0 Å². The molecule has 4 rings (SSSR count). The molecule has 0 aliphatic rings. The van der Waals surface area contributed by atoms with E-state index in [4.69, 9.17) is 14.9 Å². The average molecular weight is 341 g/mol. The van der Waals surface area contributed by atoms with Gasteiger partial charge in [-0.3, -0.25) is 0 Å². The molecule has 0 radical (unpaired) electrons. The molecular formula is C15H15N7O3. The van der Waals surface area contributed by atoms with Gasteiger partial charge < -0.3 is 14.9 Å². The van der Waals surface area contributed by atoms with Crippen LogP contribution in [0.4, 0.5) is 5.95 Å². The van der Waals surface area contributed by atoms with Crippen LogP contribution in [0.15, 0.2) is 29.0 Å². The Labute approximate surface area is 141 Å². The zero-order chi connectivity index (χ0) is 17.6. The van der Waals surface area contributed by atoms with Crippen LogP contribution in [0, 0.1) is 0 Å². The largest absolute Gasteiger partial charge is 0.467 e. The molecule has 4 heterocycles. The van der Waals surface area contributed by atoms with Gasteiger partial charge in [-0.2, -0.15) is 14.6 Å². The van der Waals surface area contributed by atoms with Crippen molar-refractivity contribution in [2.75, 3.05) is 12.8 Å². The van der Waals surface area contributed by atoms with Gasteiger partial charge in [0.15, 0.2) is 23.1 Å². The Morgan fingerprint density at radius 3 is 2.92 bits per heavy atom. The number of nitrogens with two attached hydrogens (primary N) is 1. The predicted molar refractivity (Wildman–Crippen MR) is 87.5 cm³/mol. The molecule has 0 spiro atoms. The predicted octanol–water partition coefficient (Wildman–Crippen LogP) is 1.44. The summed E-state index contributed by atoms with van der Waals surface area (Å²) < 4.78 is 13.1. The number of rotatable bonds is 4. The maximum Gasteiger partial charge on any atom is 0.330 e. The molecule has 4 aromatic heterocycles. The Hall–Kier alpha value is -3.43. The Kier molecular flexibility index (Phi) is 3.38. The Bertz CT molecular complexity index is 1060. The first-order valence-corrected chi connectivity index (χ1v) is 7.65. The van der Waals surface area contributed by atoms with Crippen molar-refractivity contribution in [3.8, 4) is 11.6 Å². The first-order chi connectivity index (χ1) is 12.1. The number of carbonyl (C=O) groups is 1. The van der Waals surface area contributed by atoms with Crippen molar-refractivity contribution in [2.24, 2.45) is 0 Å². The van der Waals surface area contributed by atoms with Gasteiger partial charge in [0, 0.05) is 0 Å². The number of nitrogen functional groups attached to an aromatic ring is 1. The van der Waals surface area contributed by atoms with E-state index in [1.807, 2.05) is 6.92 Å². The normalized spacial score (nSPS) is 12.7. The number of methoxy groups -OCH3 is 1. The van der Waals surface area contributed by atoms with Gasteiger partial charge in [-0.25, -0.2) is 14.5 Å². The van der Waals surface area contributed by atoms with Crippen LogP contribution in [-0.2, 0) is 9.53 Å². The second-order valence-electron chi connectivity index (χ2n) is 5.39. The minimum atomic E-state index is -0.593. The summed E-state index contributed by atoms with van der Waals surface area (Å²) in [5, 5.41) is 9.24. The van der Waals surface area contributed by atoms with Gasteiger partial charge in [-0.05, 0) is 18.6 Å². The lowest BCUT2D eigenvalue weighted by Crippen LogP contribution is -2.21. The fourth-order valence-electron chi connectivity index (χ4n) is 2.74. The molecule has 2 N–H and O–H groups in total. The summed E-state index contributed by atoms with van der Waals surface area (Å²) in [5.74, 6) is 0.642. The first-order valence-electron chi connectivity index (χ1n) is 7.65. The Morgan fingerprint density at radius 1 is 1.40 bits per heavy atom. The van der Waals surface area contributed by atoms with E-state index >= 15 is 0 Å². The van der Waals surface area contributed by atoms with Crippen LogP contribution in [0.3, 0.4) is 0 Å². The first kappa shape index (κ1) is 15.1. The highest BCUT2D eigenvalue weighted by Crippen LogP contribution is 2.26. The van der Waals surface area contributed by atoms with Crippen molar-refractivity contribution in [2.45, 2.75) is 19.4 Å². The lowest BCUT2D eigenvalue weighted by molar-refractivity contribution is -0.144. The van der Waals surface area contributed by atoms with Crippen LogP contribution < -0.4 is 5.73 Å². The summed E-state index contributed by atoms with van der Waals surface area (Å²) in [4.78, 5) is 20.8. The molecule has 1 atom stereocenters. The molecule has 4 aromatic rings. The van der Waals surface area contributed by atoms with E-state index in [-0.39, 0.29) is 5.95 Å². The standard InChI is InChI=1S/C15H15N7O3/c1-3-9(14(23)24-2)21-13-8(7-17-21)12-18-11(10-5-4-6-25-10)20-22(12)15(16)19-13/h4-7,9H,3H2,1-2H3,(H2,16,19). The number of esters is 1. The molecule has 0 saturated carbocycles. The highest BCUT2D eigenvalue weighted by atomic mass is 16.5. The van der Waals surface area contributed by atoms with Crippen molar-refractivity contribution in [3.63, 3.8) is 0 Å². The number of hydrogen-bond acceptors (Lipinski definition) is 8. The van der Waals surface area contributed by atoms with Crippen molar-refractivity contribution < 1.29 is 13.9 Å². The third-order valence-corrected chi connectivity index (χ3v) is 3.95. The molecule has 10 nitrogen and oxygen atoms in total. The monoisotopic (exact) mass is 341 g/mol. The molecule has 1 unspecified atom stereocenters. The van der Waals surface area contributed by atoms with Crippen LogP contribution in [0.1, 0.15) is 19.4 Å². The number of ether oxygens (including phenoxy) is 1. The number of anilines is 1. The smallest absolute Gasteiger partial charge is 0.330 e. The van der Waals surface area contributed by atoms with E-state index < -0.39 is 12.0 Å². The molecular weight excluding hydrogens is 326 g/mol. The molecule has 0 aromatic carbocycles. The molecule has 10 heteroatoms. The zero-order valence-electron chi connectivity index (χ0n) is 13.6. The number of aromatic nitrogens is 6. The fourth-order valence-corrected chi connectivity index (χ4v) is 2.74. The van der Waals surface area contributed by atoms with Crippen molar-refractivity contribution in [1.82, 2.24) is 29.4 Å².